The zero-order valence-electron chi connectivity index (χ0n) is 16.4. The maximum atomic E-state index is 12.9. The molecule has 1 heterocycles. The lowest BCUT2D eigenvalue weighted by Gasteiger charge is -2.16. The first kappa shape index (κ1) is 18.8. The second-order valence-electron chi connectivity index (χ2n) is 7.02. The first-order chi connectivity index (χ1) is 14.2. The topological polar surface area (TPSA) is 47.8 Å². The van der Waals surface area contributed by atoms with E-state index in [9.17, 15) is 4.79 Å². The Kier molecular flexibility index (Phi) is 5.61. The second kappa shape index (κ2) is 8.65. The number of carbonyl (C=O) groups excluding carboxylic acids is 1. The highest BCUT2D eigenvalue weighted by Crippen LogP contribution is 2.25. The van der Waals surface area contributed by atoms with Crippen LogP contribution in [0.1, 0.15) is 40.9 Å². The molecule has 4 heteroatoms. The number of aryl methyl sites for hydroxylation is 1. The van der Waals surface area contributed by atoms with Crippen LogP contribution in [0.4, 0.5) is 0 Å². The Bertz CT molecular complexity index is 1070. The van der Waals surface area contributed by atoms with Gasteiger partial charge in [0.1, 0.15) is 11.7 Å². The van der Waals surface area contributed by atoms with Gasteiger partial charge in [0, 0.05) is 17.5 Å². The van der Waals surface area contributed by atoms with E-state index in [1.165, 1.54) is 5.56 Å². The number of hydrogen-bond donors (Lipinski definition) is 0. The van der Waals surface area contributed by atoms with Gasteiger partial charge in [0.05, 0.1) is 6.20 Å². The molecule has 4 nitrogen and oxygen atoms in total. The first-order valence-electron chi connectivity index (χ1n) is 9.89. The molecule has 0 N–H and O–H groups in total. The van der Waals surface area contributed by atoms with Crippen LogP contribution < -0.4 is 0 Å². The van der Waals surface area contributed by atoms with Crippen molar-refractivity contribution in [1.29, 1.82) is 0 Å². The summed E-state index contributed by atoms with van der Waals surface area (Å²) in [5.41, 5.74) is 4.84. The highest BCUT2D eigenvalue weighted by atomic mass is 16.1. The van der Waals surface area contributed by atoms with Crippen LogP contribution in [-0.2, 0) is 6.42 Å². The zero-order chi connectivity index (χ0) is 20.1. The Labute approximate surface area is 170 Å². The number of carbonyl (C=O) groups is 1. The van der Waals surface area contributed by atoms with Crippen molar-refractivity contribution in [2.45, 2.75) is 25.8 Å². The van der Waals surface area contributed by atoms with E-state index in [-0.39, 0.29) is 11.8 Å². The van der Waals surface area contributed by atoms with E-state index in [4.69, 9.17) is 5.10 Å². The van der Waals surface area contributed by atoms with E-state index in [0.717, 1.165) is 23.2 Å². The third-order valence-corrected chi connectivity index (χ3v) is 5.10. The van der Waals surface area contributed by atoms with Crippen molar-refractivity contribution in [3.05, 3.63) is 108 Å². The molecule has 1 aromatic heterocycles. The number of nitrogens with zero attached hydrogens (tertiary/aromatic N) is 3. The van der Waals surface area contributed by atoms with Gasteiger partial charge in [-0.1, -0.05) is 91.9 Å². The molecule has 0 fully saturated rings. The van der Waals surface area contributed by atoms with E-state index >= 15 is 0 Å². The van der Waals surface area contributed by atoms with Crippen molar-refractivity contribution in [2.75, 3.05) is 0 Å². The van der Waals surface area contributed by atoms with Crippen molar-refractivity contribution in [3.63, 3.8) is 0 Å². The van der Waals surface area contributed by atoms with Crippen molar-refractivity contribution in [2.24, 2.45) is 0 Å². The molecule has 0 aliphatic carbocycles. The van der Waals surface area contributed by atoms with E-state index in [1.807, 2.05) is 60.7 Å². The normalized spacial score (nSPS) is 11.9. The molecule has 0 aliphatic rings. The third-order valence-electron chi connectivity index (χ3n) is 5.10. The minimum Gasteiger partial charge on any atom is -0.294 e. The number of hydrogen-bond acceptors (Lipinski definition) is 3. The molecule has 0 aliphatic heterocycles. The SMILES string of the molecule is CCc1ccc(-c2cnn(C(CC(=O)c3ccccc3)c3ccccc3)n2)cc1. The van der Waals surface area contributed by atoms with Crippen LogP contribution in [0.2, 0.25) is 0 Å². The van der Waals surface area contributed by atoms with E-state index in [0.29, 0.717) is 12.0 Å². The predicted molar refractivity (Wildman–Crippen MR) is 115 cm³/mol. The van der Waals surface area contributed by atoms with Crippen LogP contribution in [0.3, 0.4) is 0 Å². The summed E-state index contributed by atoms with van der Waals surface area (Å²) >= 11 is 0. The average molecular weight is 381 g/mol. The molecule has 29 heavy (non-hydrogen) atoms. The largest absolute Gasteiger partial charge is 0.294 e. The summed E-state index contributed by atoms with van der Waals surface area (Å²) in [7, 11) is 0. The molecule has 0 saturated heterocycles. The third kappa shape index (κ3) is 4.32. The van der Waals surface area contributed by atoms with Gasteiger partial charge in [-0.15, -0.1) is 0 Å². The number of rotatable bonds is 7. The smallest absolute Gasteiger partial charge is 0.165 e. The molecule has 1 unspecified atom stereocenters. The minimum atomic E-state index is -0.257. The molecule has 144 valence electrons. The molecule has 0 bridgehead atoms. The van der Waals surface area contributed by atoms with E-state index in [1.54, 1.807) is 11.0 Å². The Morgan fingerprint density at radius 3 is 2.21 bits per heavy atom. The molecule has 0 spiro atoms. The molecular formula is C25H23N3O. The van der Waals surface area contributed by atoms with Crippen LogP contribution in [0.25, 0.3) is 11.3 Å². The number of aromatic nitrogens is 3. The maximum Gasteiger partial charge on any atom is 0.165 e. The lowest BCUT2D eigenvalue weighted by Crippen LogP contribution is -2.18. The van der Waals surface area contributed by atoms with Crippen LogP contribution in [-0.4, -0.2) is 20.8 Å². The summed E-state index contributed by atoms with van der Waals surface area (Å²) in [6, 6.07) is 27.4. The fourth-order valence-corrected chi connectivity index (χ4v) is 3.40. The Morgan fingerprint density at radius 2 is 1.55 bits per heavy atom. The van der Waals surface area contributed by atoms with Gasteiger partial charge in [0.15, 0.2) is 5.78 Å². The number of benzene rings is 3. The van der Waals surface area contributed by atoms with Crippen molar-refractivity contribution in [1.82, 2.24) is 15.0 Å². The Balaban J connectivity index is 1.65. The van der Waals surface area contributed by atoms with Gasteiger partial charge in [-0.05, 0) is 17.5 Å². The van der Waals surface area contributed by atoms with Gasteiger partial charge in [0.2, 0.25) is 0 Å². The lowest BCUT2D eigenvalue weighted by atomic mass is 9.98. The molecule has 4 rings (SSSR count). The molecule has 1 atom stereocenters. The first-order valence-corrected chi connectivity index (χ1v) is 9.89. The van der Waals surface area contributed by atoms with Gasteiger partial charge in [-0.2, -0.15) is 15.0 Å². The monoisotopic (exact) mass is 381 g/mol. The van der Waals surface area contributed by atoms with Crippen LogP contribution in [0.15, 0.2) is 91.1 Å². The quantitative estimate of drug-likeness (QED) is 0.404. The molecule has 0 radical (unpaired) electrons. The van der Waals surface area contributed by atoms with Gasteiger partial charge in [-0.25, -0.2) is 0 Å². The summed E-state index contributed by atoms with van der Waals surface area (Å²) in [5.74, 6) is 0.0746. The van der Waals surface area contributed by atoms with Crippen molar-refractivity contribution in [3.8, 4) is 11.3 Å². The minimum absolute atomic E-state index is 0.0746. The summed E-state index contributed by atoms with van der Waals surface area (Å²) in [4.78, 5) is 14.5. The Hall–Kier alpha value is -3.53. The van der Waals surface area contributed by atoms with Crippen LogP contribution in [0.5, 0.6) is 0 Å². The highest BCUT2D eigenvalue weighted by Gasteiger charge is 2.21. The fourth-order valence-electron chi connectivity index (χ4n) is 3.40. The van der Waals surface area contributed by atoms with Gasteiger partial charge >= 0.3 is 0 Å². The van der Waals surface area contributed by atoms with Crippen molar-refractivity contribution < 1.29 is 4.79 Å². The zero-order valence-corrected chi connectivity index (χ0v) is 16.4. The maximum absolute atomic E-state index is 12.9. The summed E-state index contributed by atoms with van der Waals surface area (Å²) in [6.07, 6.45) is 3.07. The van der Waals surface area contributed by atoms with Crippen molar-refractivity contribution >= 4 is 5.78 Å². The summed E-state index contributed by atoms with van der Waals surface area (Å²) in [6.45, 7) is 2.14. The van der Waals surface area contributed by atoms with Gasteiger partial charge in [0.25, 0.3) is 0 Å². The van der Waals surface area contributed by atoms with Crippen LogP contribution in [0, 0.1) is 0 Å². The number of ketones is 1. The molecule has 4 aromatic rings. The molecule has 0 saturated carbocycles. The van der Waals surface area contributed by atoms with E-state index < -0.39 is 0 Å². The van der Waals surface area contributed by atoms with E-state index in [2.05, 4.69) is 36.3 Å². The lowest BCUT2D eigenvalue weighted by molar-refractivity contribution is 0.0964. The molecule has 0 amide bonds. The predicted octanol–water partition coefficient (Wildman–Crippen LogP) is 5.37. The standard InChI is InChI=1S/C25H23N3O/c1-2-19-13-15-20(16-14-19)23-18-26-28(27-23)24(21-9-5-3-6-10-21)17-25(29)22-11-7-4-8-12-22/h3-16,18,24H,2,17H2,1H3. The summed E-state index contributed by atoms with van der Waals surface area (Å²) in [5, 5.41) is 9.22. The summed E-state index contributed by atoms with van der Waals surface area (Å²) < 4.78 is 0. The second-order valence-corrected chi connectivity index (χ2v) is 7.02. The highest BCUT2D eigenvalue weighted by molar-refractivity contribution is 5.96. The Morgan fingerprint density at radius 1 is 0.897 bits per heavy atom. The van der Waals surface area contributed by atoms with Crippen LogP contribution >= 0.6 is 0 Å². The fraction of sp³-hybridized carbons (Fsp3) is 0.160. The average Bonchev–Trinajstić information content (AvgIpc) is 3.28. The van der Waals surface area contributed by atoms with Gasteiger partial charge in [-0.3, -0.25) is 4.79 Å². The molecule has 3 aromatic carbocycles. The van der Waals surface area contributed by atoms with Gasteiger partial charge < -0.3 is 0 Å². The number of Topliss-reactive ketones (excluding diaryl/α,β-unsaturated/α-hetero) is 1. The molecular weight excluding hydrogens is 358 g/mol.